The highest BCUT2D eigenvalue weighted by Gasteiger charge is 2.23. The van der Waals surface area contributed by atoms with Crippen LogP contribution in [0.5, 0.6) is 5.75 Å². The molecule has 144 valence electrons. The predicted molar refractivity (Wildman–Crippen MR) is 101 cm³/mol. The molecule has 3 aromatic carbocycles. The lowest BCUT2D eigenvalue weighted by Gasteiger charge is -2.14. The Morgan fingerprint density at radius 2 is 1.75 bits per heavy atom. The average Bonchev–Trinajstić information content (AvgIpc) is 2.62. The van der Waals surface area contributed by atoms with E-state index < -0.39 is 25.8 Å². The lowest BCUT2D eigenvalue weighted by molar-refractivity contribution is -0.385. The molecule has 0 saturated heterocycles. The number of anilines is 1. The van der Waals surface area contributed by atoms with E-state index in [1.165, 1.54) is 37.3 Å². The molecule has 0 aliphatic carbocycles. The number of aromatic hydroxyl groups is 1. The van der Waals surface area contributed by atoms with Crippen LogP contribution in [0.2, 0.25) is 0 Å². The standard InChI is InChI=1S/C18H14N2O7S/c1-10-8-11(6-7-14(10)20(23)24)18(22)19-17-13-5-3-2-4-12(13)15(21)9-16(17)28(25,26)27/h2-9,21H,1H3,(H,19,22)(H,25,26,27). The maximum atomic E-state index is 12.6. The zero-order chi connectivity index (χ0) is 20.6. The van der Waals surface area contributed by atoms with Gasteiger partial charge in [-0.05, 0) is 19.1 Å². The van der Waals surface area contributed by atoms with Crippen LogP contribution in [0.25, 0.3) is 10.8 Å². The molecule has 3 aromatic rings. The zero-order valence-electron chi connectivity index (χ0n) is 14.4. The maximum Gasteiger partial charge on any atom is 0.296 e. The number of nitro benzene ring substituents is 1. The Balaban J connectivity index is 2.14. The molecule has 0 bridgehead atoms. The summed E-state index contributed by atoms with van der Waals surface area (Å²) in [6.07, 6.45) is 0. The van der Waals surface area contributed by atoms with Crippen molar-refractivity contribution in [1.29, 1.82) is 0 Å². The van der Waals surface area contributed by atoms with E-state index in [4.69, 9.17) is 0 Å². The number of hydrogen-bond acceptors (Lipinski definition) is 6. The van der Waals surface area contributed by atoms with E-state index in [-0.39, 0.29) is 39.0 Å². The van der Waals surface area contributed by atoms with Gasteiger partial charge in [-0.15, -0.1) is 0 Å². The van der Waals surface area contributed by atoms with Crippen LogP contribution in [0.3, 0.4) is 0 Å². The number of hydrogen-bond donors (Lipinski definition) is 3. The van der Waals surface area contributed by atoms with E-state index >= 15 is 0 Å². The Labute approximate surface area is 159 Å². The van der Waals surface area contributed by atoms with Gasteiger partial charge in [0.1, 0.15) is 10.6 Å². The van der Waals surface area contributed by atoms with Crippen molar-refractivity contribution in [1.82, 2.24) is 0 Å². The van der Waals surface area contributed by atoms with Gasteiger partial charge in [-0.3, -0.25) is 19.5 Å². The van der Waals surface area contributed by atoms with Gasteiger partial charge in [0, 0.05) is 34.0 Å². The number of nitro groups is 1. The molecule has 0 aliphatic heterocycles. The molecule has 0 fully saturated rings. The molecule has 0 aromatic heterocycles. The molecular formula is C18H14N2O7S. The van der Waals surface area contributed by atoms with Crippen molar-refractivity contribution >= 4 is 38.2 Å². The molecule has 3 rings (SSSR count). The number of phenols is 1. The first-order valence-electron chi connectivity index (χ1n) is 7.88. The fourth-order valence-electron chi connectivity index (χ4n) is 2.85. The van der Waals surface area contributed by atoms with Gasteiger partial charge in [0.25, 0.3) is 21.7 Å². The van der Waals surface area contributed by atoms with Gasteiger partial charge in [0.15, 0.2) is 0 Å². The molecule has 0 aliphatic rings. The molecule has 28 heavy (non-hydrogen) atoms. The summed E-state index contributed by atoms with van der Waals surface area (Å²) >= 11 is 0. The van der Waals surface area contributed by atoms with Crippen molar-refractivity contribution in [2.24, 2.45) is 0 Å². The van der Waals surface area contributed by atoms with E-state index in [1.807, 2.05) is 0 Å². The van der Waals surface area contributed by atoms with Crippen LogP contribution in [-0.2, 0) is 10.1 Å². The van der Waals surface area contributed by atoms with Crippen molar-refractivity contribution in [3.63, 3.8) is 0 Å². The zero-order valence-corrected chi connectivity index (χ0v) is 15.2. The highest BCUT2D eigenvalue weighted by molar-refractivity contribution is 7.86. The van der Waals surface area contributed by atoms with Crippen molar-refractivity contribution in [3.05, 3.63) is 69.8 Å². The summed E-state index contributed by atoms with van der Waals surface area (Å²) in [5.41, 5.74) is -0.0630. The average molecular weight is 402 g/mol. The SMILES string of the molecule is Cc1cc(C(=O)Nc2c(S(=O)(=O)O)cc(O)c3ccccc23)ccc1[N+](=O)[O-]. The molecule has 1 amide bonds. The van der Waals surface area contributed by atoms with Gasteiger partial charge in [-0.1, -0.05) is 24.3 Å². The number of phenolic OH excluding ortho intramolecular Hbond substituents is 1. The number of fused-ring (bicyclic) bond motifs is 1. The summed E-state index contributed by atoms with van der Waals surface area (Å²) < 4.78 is 33.0. The predicted octanol–water partition coefficient (Wildman–Crippen LogP) is 3.26. The van der Waals surface area contributed by atoms with Gasteiger partial charge in [0.2, 0.25) is 0 Å². The number of nitrogens with one attached hydrogen (secondary N) is 1. The summed E-state index contributed by atoms with van der Waals surface area (Å²) in [6, 6.07) is 10.7. The quantitative estimate of drug-likeness (QED) is 0.263. The van der Waals surface area contributed by atoms with Gasteiger partial charge in [0.05, 0.1) is 10.6 Å². The first kappa shape index (κ1) is 19.3. The number of nitrogens with zero attached hydrogens (tertiary/aromatic N) is 1. The van der Waals surface area contributed by atoms with E-state index in [0.717, 1.165) is 6.07 Å². The second-order valence-electron chi connectivity index (χ2n) is 6.00. The van der Waals surface area contributed by atoms with Crippen LogP contribution >= 0.6 is 0 Å². The number of carbonyl (C=O) groups excluding carboxylic acids is 1. The lowest BCUT2D eigenvalue weighted by atomic mass is 10.1. The normalized spacial score (nSPS) is 11.4. The number of amides is 1. The Bertz CT molecular complexity index is 1240. The molecule has 0 unspecified atom stereocenters. The van der Waals surface area contributed by atoms with Crippen LogP contribution in [0.1, 0.15) is 15.9 Å². The highest BCUT2D eigenvalue weighted by atomic mass is 32.2. The highest BCUT2D eigenvalue weighted by Crippen LogP contribution is 2.37. The van der Waals surface area contributed by atoms with E-state index in [2.05, 4.69) is 5.32 Å². The Morgan fingerprint density at radius 3 is 2.32 bits per heavy atom. The van der Waals surface area contributed by atoms with Crippen LogP contribution in [0.15, 0.2) is 53.4 Å². The molecule has 10 heteroatoms. The summed E-state index contributed by atoms with van der Waals surface area (Å²) in [5.74, 6) is -1.12. The summed E-state index contributed by atoms with van der Waals surface area (Å²) in [4.78, 5) is 22.3. The van der Waals surface area contributed by atoms with Crippen LogP contribution < -0.4 is 5.32 Å². The topological polar surface area (TPSA) is 147 Å². The fraction of sp³-hybridized carbons (Fsp3) is 0.0556. The molecule has 9 nitrogen and oxygen atoms in total. The van der Waals surface area contributed by atoms with Crippen molar-refractivity contribution in [2.75, 3.05) is 5.32 Å². The van der Waals surface area contributed by atoms with Crippen LogP contribution in [0.4, 0.5) is 11.4 Å². The molecule has 0 saturated carbocycles. The Kier molecular flexibility index (Phi) is 4.75. The Hall–Kier alpha value is -3.50. The molecule has 0 atom stereocenters. The smallest absolute Gasteiger partial charge is 0.296 e. The van der Waals surface area contributed by atoms with Crippen molar-refractivity contribution in [3.8, 4) is 5.75 Å². The minimum absolute atomic E-state index is 0.0570. The minimum atomic E-state index is -4.77. The molecule has 0 spiro atoms. The summed E-state index contributed by atoms with van der Waals surface area (Å²) in [5, 5.41) is 23.9. The monoisotopic (exact) mass is 402 g/mol. The fourth-order valence-corrected chi connectivity index (χ4v) is 3.53. The van der Waals surface area contributed by atoms with Crippen LogP contribution in [-0.4, -0.2) is 28.9 Å². The molecular weight excluding hydrogens is 388 g/mol. The van der Waals surface area contributed by atoms with Gasteiger partial charge in [-0.2, -0.15) is 8.42 Å². The third kappa shape index (κ3) is 3.50. The number of aryl methyl sites for hydroxylation is 1. The summed E-state index contributed by atoms with van der Waals surface area (Å²) in [7, 11) is -4.77. The third-order valence-electron chi connectivity index (χ3n) is 4.16. The van der Waals surface area contributed by atoms with Gasteiger partial charge >= 0.3 is 0 Å². The maximum absolute atomic E-state index is 12.6. The first-order chi connectivity index (χ1) is 13.1. The van der Waals surface area contributed by atoms with E-state index in [9.17, 15) is 33.0 Å². The third-order valence-corrected chi connectivity index (χ3v) is 5.04. The largest absolute Gasteiger partial charge is 0.507 e. The molecule has 3 N–H and O–H groups in total. The van der Waals surface area contributed by atoms with Crippen molar-refractivity contribution < 1.29 is 27.8 Å². The number of carbonyl (C=O) groups is 1. The minimum Gasteiger partial charge on any atom is -0.507 e. The second-order valence-corrected chi connectivity index (χ2v) is 7.39. The molecule has 0 heterocycles. The number of rotatable bonds is 4. The lowest BCUT2D eigenvalue weighted by Crippen LogP contribution is -2.15. The molecule has 0 radical (unpaired) electrons. The van der Waals surface area contributed by atoms with Crippen molar-refractivity contribution in [2.45, 2.75) is 11.8 Å². The Morgan fingerprint density at radius 1 is 1.11 bits per heavy atom. The second kappa shape index (κ2) is 6.91. The van der Waals surface area contributed by atoms with Gasteiger partial charge in [-0.25, -0.2) is 0 Å². The first-order valence-corrected chi connectivity index (χ1v) is 9.32. The van der Waals surface area contributed by atoms with E-state index in [1.54, 1.807) is 12.1 Å². The summed E-state index contributed by atoms with van der Waals surface area (Å²) in [6.45, 7) is 1.47. The van der Waals surface area contributed by atoms with Gasteiger partial charge < -0.3 is 10.4 Å². The number of benzene rings is 3. The van der Waals surface area contributed by atoms with E-state index in [0.29, 0.717) is 0 Å². The van der Waals surface area contributed by atoms with Crippen LogP contribution in [0, 0.1) is 17.0 Å².